The summed E-state index contributed by atoms with van der Waals surface area (Å²) in [6.07, 6.45) is 4.54. The van der Waals surface area contributed by atoms with Crippen LogP contribution in [-0.2, 0) is 0 Å². The minimum Gasteiger partial charge on any atom is -0.396 e. The molecule has 2 aromatic carbocycles. The number of rotatable bonds is 9. The van der Waals surface area contributed by atoms with Gasteiger partial charge < -0.3 is 10.0 Å². The van der Waals surface area contributed by atoms with Crippen LogP contribution < -0.4 is 0 Å². The van der Waals surface area contributed by atoms with Gasteiger partial charge in [-0.1, -0.05) is 66.9 Å². The molecule has 0 aromatic heterocycles. The van der Waals surface area contributed by atoms with Crippen LogP contribution in [0.25, 0.3) is 0 Å². The lowest BCUT2D eigenvalue weighted by Gasteiger charge is -2.40. The SMILES string of the molecule is OCCCCCCN1CCN(C(c2ccccc2)c2ccc(Cl)cc2)CC1. The number of piperazine rings is 1. The van der Waals surface area contributed by atoms with Crippen LogP contribution in [0.2, 0.25) is 5.02 Å². The number of nitrogens with zero attached hydrogens (tertiary/aromatic N) is 2. The maximum absolute atomic E-state index is 8.88. The summed E-state index contributed by atoms with van der Waals surface area (Å²) in [5.74, 6) is 0. The van der Waals surface area contributed by atoms with E-state index in [2.05, 4.69) is 52.3 Å². The normalized spacial score (nSPS) is 17.1. The first kappa shape index (κ1) is 20.3. The fourth-order valence-electron chi connectivity index (χ4n) is 3.94. The van der Waals surface area contributed by atoms with Crippen molar-refractivity contribution >= 4 is 11.6 Å². The van der Waals surface area contributed by atoms with Crippen molar-refractivity contribution in [3.8, 4) is 0 Å². The molecule has 2 aromatic rings. The standard InChI is InChI=1S/C23H31ClN2O/c24-22-12-10-21(11-13-22)23(20-8-4-3-5-9-20)26-17-15-25(16-18-26)14-6-1-2-7-19-27/h3-5,8-13,23,27H,1-2,6-7,14-19H2. The molecule has 3 nitrogen and oxygen atoms in total. The molecular formula is C23H31ClN2O. The molecule has 1 atom stereocenters. The summed E-state index contributed by atoms with van der Waals surface area (Å²) in [6.45, 7) is 5.91. The van der Waals surface area contributed by atoms with E-state index < -0.39 is 0 Å². The molecule has 0 aliphatic carbocycles. The number of halogens is 1. The fraction of sp³-hybridized carbons (Fsp3) is 0.478. The monoisotopic (exact) mass is 386 g/mol. The Balaban J connectivity index is 1.61. The molecule has 1 saturated heterocycles. The molecule has 146 valence electrons. The van der Waals surface area contributed by atoms with E-state index in [0.29, 0.717) is 6.61 Å². The van der Waals surface area contributed by atoms with E-state index in [-0.39, 0.29) is 6.04 Å². The Morgan fingerprint density at radius 3 is 2.07 bits per heavy atom. The van der Waals surface area contributed by atoms with Gasteiger partial charge in [0.05, 0.1) is 6.04 Å². The largest absolute Gasteiger partial charge is 0.396 e. The molecule has 0 radical (unpaired) electrons. The van der Waals surface area contributed by atoms with Gasteiger partial charge in [0.2, 0.25) is 0 Å². The molecule has 3 rings (SSSR count). The molecule has 1 aliphatic heterocycles. The van der Waals surface area contributed by atoms with Gasteiger partial charge in [-0.3, -0.25) is 4.90 Å². The summed E-state index contributed by atoms with van der Waals surface area (Å²) < 4.78 is 0. The smallest absolute Gasteiger partial charge is 0.0602 e. The predicted octanol–water partition coefficient (Wildman–Crippen LogP) is 4.60. The number of aliphatic hydroxyl groups is 1. The van der Waals surface area contributed by atoms with Crippen LogP contribution in [0.3, 0.4) is 0 Å². The van der Waals surface area contributed by atoms with Crippen LogP contribution in [0, 0.1) is 0 Å². The Morgan fingerprint density at radius 1 is 0.778 bits per heavy atom. The lowest BCUT2D eigenvalue weighted by atomic mass is 9.96. The highest BCUT2D eigenvalue weighted by molar-refractivity contribution is 6.30. The third-order valence-electron chi connectivity index (χ3n) is 5.46. The summed E-state index contributed by atoms with van der Waals surface area (Å²) in [5, 5.41) is 9.66. The first-order chi connectivity index (χ1) is 13.3. The summed E-state index contributed by atoms with van der Waals surface area (Å²) in [6, 6.07) is 19.4. The van der Waals surface area contributed by atoms with E-state index in [4.69, 9.17) is 16.7 Å². The van der Waals surface area contributed by atoms with Gasteiger partial charge in [0, 0.05) is 37.8 Å². The Labute approximate surface area is 168 Å². The molecule has 0 spiro atoms. The Morgan fingerprint density at radius 2 is 1.41 bits per heavy atom. The third-order valence-corrected chi connectivity index (χ3v) is 5.71. The van der Waals surface area contributed by atoms with Crippen molar-refractivity contribution in [3.05, 3.63) is 70.7 Å². The predicted molar refractivity (Wildman–Crippen MR) is 113 cm³/mol. The van der Waals surface area contributed by atoms with Crippen molar-refractivity contribution in [2.24, 2.45) is 0 Å². The Hall–Kier alpha value is -1.39. The minimum absolute atomic E-state index is 0.287. The lowest BCUT2D eigenvalue weighted by Crippen LogP contribution is -2.48. The molecule has 0 bridgehead atoms. The van der Waals surface area contributed by atoms with Crippen LogP contribution in [0.4, 0.5) is 0 Å². The summed E-state index contributed by atoms with van der Waals surface area (Å²) >= 11 is 6.11. The number of benzene rings is 2. The third kappa shape index (κ3) is 6.05. The molecule has 1 heterocycles. The first-order valence-corrected chi connectivity index (χ1v) is 10.5. The van der Waals surface area contributed by atoms with Gasteiger partial charge in [-0.15, -0.1) is 0 Å². The van der Waals surface area contributed by atoms with Gasteiger partial charge in [-0.25, -0.2) is 0 Å². The number of aliphatic hydroxyl groups excluding tert-OH is 1. The van der Waals surface area contributed by atoms with E-state index >= 15 is 0 Å². The molecule has 1 N–H and O–H groups in total. The van der Waals surface area contributed by atoms with Crippen LogP contribution in [0.1, 0.15) is 42.9 Å². The molecule has 1 aliphatic rings. The van der Waals surface area contributed by atoms with Gasteiger partial charge in [0.15, 0.2) is 0 Å². The van der Waals surface area contributed by atoms with Crippen molar-refractivity contribution < 1.29 is 5.11 Å². The van der Waals surface area contributed by atoms with E-state index in [1.54, 1.807) is 0 Å². The van der Waals surface area contributed by atoms with Crippen LogP contribution >= 0.6 is 11.6 Å². The second kappa shape index (κ2) is 10.8. The topological polar surface area (TPSA) is 26.7 Å². The molecule has 1 unspecified atom stereocenters. The van der Waals surface area contributed by atoms with Crippen LogP contribution in [0.15, 0.2) is 54.6 Å². The van der Waals surface area contributed by atoms with Crippen molar-refractivity contribution in [2.45, 2.75) is 31.7 Å². The van der Waals surface area contributed by atoms with E-state index in [1.165, 1.54) is 30.5 Å². The summed E-state index contributed by atoms with van der Waals surface area (Å²) in [4.78, 5) is 5.18. The van der Waals surface area contributed by atoms with Gasteiger partial charge in [-0.2, -0.15) is 0 Å². The molecule has 27 heavy (non-hydrogen) atoms. The lowest BCUT2D eigenvalue weighted by molar-refractivity contribution is 0.108. The average molecular weight is 387 g/mol. The van der Waals surface area contributed by atoms with Crippen molar-refractivity contribution in [2.75, 3.05) is 39.3 Å². The van der Waals surface area contributed by atoms with E-state index in [1.807, 2.05) is 12.1 Å². The van der Waals surface area contributed by atoms with E-state index in [0.717, 1.165) is 44.0 Å². The molecular weight excluding hydrogens is 356 g/mol. The zero-order valence-corrected chi connectivity index (χ0v) is 16.8. The first-order valence-electron chi connectivity index (χ1n) is 10.2. The van der Waals surface area contributed by atoms with Gasteiger partial charge in [0.25, 0.3) is 0 Å². The van der Waals surface area contributed by atoms with Crippen molar-refractivity contribution in [1.29, 1.82) is 0 Å². The molecule has 1 fully saturated rings. The number of hydrogen-bond acceptors (Lipinski definition) is 3. The van der Waals surface area contributed by atoms with Gasteiger partial charge in [0.1, 0.15) is 0 Å². The Bertz CT molecular complexity index is 654. The molecule has 4 heteroatoms. The zero-order chi connectivity index (χ0) is 18.9. The second-order valence-electron chi connectivity index (χ2n) is 7.38. The highest BCUT2D eigenvalue weighted by atomic mass is 35.5. The van der Waals surface area contributed by atoms with Crippen molar-refractivity contribution in [3.63, 3.8) is 0 Å². The summed E-state index contributed by atoms with van der Waals surface area (Å²) in [5.41, 5.74) is 2.65. The Kier molecular flexibility index (Phi) is 8.15. The minimum atomic E-state index is 0.287. The van der Waals surface area contributed by atoms with Crippen LogP contribution in [0.5, 0.6) is 0 Å². The number of hydrogen-bond donors (Lipinski definition) is 1. The second-order valence-corrected chi connectivity index (χ2v) is 7.82. The maximum atomic E-state index is 8.88. The van der Waals surface area contributed by atoms with Crippen LogP contribution in [-0.4, -0.2) is 54.2 Å². The summed E-state index contributed by atoms with van der Waals surface area (Å²) in [7, 11) is 0. The quantitative estimate of drug-likeness (QED) is 0.638. The number of unbranched alkanes of at least 4 members (excludes halogenated alkanes) is 3. The fourth-order valence-corrected chi connectivity index (χ4v) is 4.07. The molecule has 0 amide bonds. The van der Waals surface area contributed by atoms with Crippen molar-refractivity contribution in [1.82, 2.24) is 9.80 Å². The average Bonchev–Trinajstić information content (AvgIpc) is 2.71. The maximum Gasteiger partial charge on any atom is 0.0602 e. The highest BCUT2D eigenvalue weighted by Crippen LogP contribution is 2.30. The van der Waals surface area contributed by atoms with Gasteiger partial charge >= 0.3 is 0 Å². The highest BCUT2D eigenvalue weighted by Gasteiger charge is 2.26. The zero-order valence-electron chi connectivity index (χ0n) is 16.1. The molecule has 0 saturated carbocycles. The van der Waals surface area contributed by atoms with E-state index in [9.17, 15) is 0 Å². The van der Waals surface area contributed by atoms with Gasteiger partial charge in [-0.05, 0) is 42.6 Å².